The average molecular weight is 456 g/mol. The fourth-order valence-corrected chi connectivity index (χ4v) is 7.21. The summed E-state index contributed by atoms with van der Waals surface area (Å²) < 4.78 is 34.8. The zero-order chi connectivity index (χ0) is 22.1. The van der Waals surface area contributed by atoms with Crippen molar-refractivity contribution in [2.24, 2.45) is 4.99 Å². The van der Waals surface area contributed by atoms with Crippen LogP contribution in [0.4, 0.5) is 10.5 Å². The first-order valence-corrected chi connectivity index (χ1v) is 12.1. The number of fused-ring (bicyclic) bond motifs is 1. The number of amides is 2. The van der Waals surface area contributed by atoms with Crippen LogP contribution < -0.4 is 15.0 Å². The van der Waals surface area contributed by atoms with Crippen LogP contribution in [-0.2, 0) is 19.4 Å². The van der Waals surface area contributed by atoms with Crippen LogP contribution >= 0.6 is 11.8 Å². The first-order valence-electron chi connectivity index (χ1n) is 9.37. The molecule has 2 aliphatic heterocycles. The number of nitrogens with zero attached hydrogens (tertiary/aromatic N) is 2. The topological polar surface area (TPSA) is 114 Å². The number of anilines is 1. The maximum atomic E-state index is 12.4. The number of methoxy groups -OCH3 is 1. The SMILES string of the molecule is COc1ccccc1N1C(=NC(=O)CNC(=O)OC(C)(C)C)S[C@@H]2CS(=O)(=O)C[C@@H]21. The molecule has 2 aliphatic rings. The third-order valence-electron chi connectivity index (χ3n) is 4.41. The van der Waals surface area contributed by atoms with Crippen molar-refractivity contribution in [3.8, 4) is 5.75 Å². The molecule has 164 valence electrons. The lowest BCUT2D eigenvalue weighted by molar-refractivity contribution is -0.117. The average Bonchev–Trinajstić information content (AvgIpc) is 3.09. The number of amidine groups is 1. The first kappa shape index (κ1) is 22.4. The van der Waals surface area contributed by atoms with Crippen molar-refractivity contribution in [1.82, 2.24) is 5.32 Å². The number of alkyl carbamates (subject to hydrolysis) is 1. The van der Waals surface area contributed by atoms with Crippen LogP contribution in [-0.4, -0.2) is 67.6 Å². The van der Waals surface area contributed by atoms with Crippen LogP contribution in [0, 0.1) is 0 Å². The molecule has 0 aliphatic carbocycles. The Labute approximate surface area is 180 Å². The number of carbonyl (C=O) groups excluding carboxylic acids is 2. The Bertz CT molecular complexity index is 971. The van der Waals surface area contributed by atoms with E-state index >= 15 is 0 Å². The van der Waals surface area contributed by atoms with Crippen molar-refractivity contribution in [3.05, 3.63) is 24.3 Å². The molecule has 11 heteroatoms. The summed E-state index contributed by atoms with van der Waals surface area (Å²) in [4.78, 5) is 30.1. The standard InChI is InChI=1S/C19H25N3O6S2/c1-19(2,3)28-18(24)20-9-16(23)21-17-22(12-7-5-6-8-14(12)27-4)13-10-30(25,26)11-15(13)29-17/h5-8,13,15H,9-11H2,1-4H3,(H,20,24)/t13-,15+/m0/s1. The lowest BCUT2D eigenvalue weighted by Gasteiger charge is -2.26. The molecule has 9 nitrogen and oxygen atoms in total. The minimum absolute atomic E-state index is 0.0217. The predicted octanol–water partition coefficient (Wildman–Crippen LogP) is 1.82. The Balaban J connectivity index is 1.82. The predicted molar refractivity (Wildman–Crippen MR) is 116 cm³/mol. The molecule has 1 aromatic carbocycles. The smallest absolute Gasteiger partial charge is 0.408 e. The highest BCUT2D eigenvalue weighted by molar-refractivity contribution is 8.16. The van der Waals surface area contributed by atoms with Crippen LogP contribution in [0.25, 0.3) is 0 Å². The lowest BCUT2D eigenvalue weighted by Crippen LogP contribution is -2.39. The molecule has 0 radical (unpaired) electrons. The number of hydrogen-bond acceptors (Lipinski definition) is 7. The van der Waals surface area contributed by atoms with E-state index in [4.69, 9.17) is 9.47 Å². The number of rotatable bonds is 4. The number of carbonyl (C=O) groups is 2. The van der Waals surface area contributed by atoms with Gasteiger partial charge < -0.3 is 19.7 Å². The molecule has 3 rings (SSSR count). The fourth-order valence-electron chi connectivity index (χ4n) is 3.28. The number of sulfone groups is 1. The van der Waals surface area contributed by atoms with E-state index in [9.17, 15) is 18.0 Å². The van der Waals surface area contributed by atoms with Gasteiger partial charge in [0.1, 0.15) is 17.9 Å². The van der Waals surface area contributed by atoms with Gasteiger partial charge in [0.15, 0.2) is 15.0 Å². The number of hydrogen-bond donors (Lipinski definition) is 1. The zero-order valence-electron chi connectivity index (χ0n) is 17.2. The summed E-state index contributed by atoms with van der Waals surface area (Å²) in [5.74, 6) is -0.00940. The van der Waals surface area contributed by atoms with E-state index in [-0.39, 0.29) is 29.3 Å². The number of aliphatic imine (C=N–C) groups is 1. The molecule has 0 unspecified atom stereocenters. The van der Waals surface area contributed by atoms with Crippen LogP contribution in [0.2, 0.25) is 0 Å². The highest BCUT2D eigenvalue weighted by Crippen LogP contribution is 2.43. The molecule has 0 saturated carbocycles. The van der Waals surface area contributed by atoms with Gasteiger partial charge in [-0.05, 0) is 32.9 Å². The van der Waals surface area contributed by atoms with Gasteiger partial charge in [-0.25, -0.2) is 13.2 Å². The van der Waals surface area contributed by atoms with Gasteiger partial charge in [-0.2, -0.15) is 4.99 Å². The molecular weight excluding hydrogens is 430 g/mol. The second-order valence-corrected chi connectivity index (χ2v) is 11.3. The van der Waals surface area contributed by atoms with E-state index in [1.807, 2.05) is 6.07 Å². The molecule has 30 heavy (non-hydrogen) atoms. The molecule has 2 fully saturated rings. The van der Waals surface area contributed by atoms with Gasteiger partial charge in [0, 0.05) is 5.25 Å². The highest BCUT2D eigenvalue weighted by Gasteiger charge is 2.50. The van der Waals surface area contributed by atoms with E-state index in [0.29, 0.717) is 16.6 Å². The van der Waals surface area contributed by atoms with Gasteiger partial charge in [0.2, 0.25) is 0 Å². The van der Waals surface area contributed by atoms with Crippen molar-refractivity contribution >= 4 is 44.5 Å². The monoisotopic (exact) mass is 455 g/mol. The van der Waals surface area contributed by atoms with E-state index in [1.165, 1.54) is 18.9 Å². The number of nitrogens with one attached hydrogen (secondary N) is 1. The Hall–Kier alpha value is -2.27. The summed E-state index contributed by atoms with van der Waals surface area (Å²) in [5.41, 5.74) is -0.0343. The zero-order valence-corrected chi connectivity index (χ0v) is 18.9. The summed E-state index contributed by atoms with van der Waals surface area (Å²) in [6.07, 6.45) is -0.709. The quantitative estimate of drug-likeness (QED) is 0.731. The first-order chi connectivity index (χ1) is 14.0. The number of ether oxygens (including phenoxy) is 2. The summed E-state index contributed by atoms with van der Waals surface area (Å²) in [5, 5.41) is 2.55. The van der Waals surface area contributed by atoms with Crippen molar-refractivity contribution < 1.29 is 27.5 Å². The molecular formula is C19H25N3O6S2. The Kier molecular flexibility index (Phi) is 6.32. The maximum absolute atomic E-state index is 12.4. The minimum Gasteiger partial charge on any atom is -0.495 e. The number of thioether (sulfide) groups is 1. The van der Waals surface area contributed by atoms with Gasteiger partial charge >= 0.3 is 6.09 Å². The number of benzene rings is 1. The van der Waals surface area contributed by atoms with Crippen LogP contribution in [0.1, 0.15) is 20.8 Å². The van der Waals surface area contributed by atoms with Crippen molar-refractivity contribution in [3.63, 3.8) is 0 Å². The summed E-state index contributed by atoms with van der Waals surface area (Å²) in [7, 11) is -1.65. The molecule has 1 aromatic rings. The van der Waals surface area contributed by atoms with E-state index in [2.05, 4.69) is 10.3 Å². The Morgan fingerprint density at radius 1 is 1.27 bits per heavy atom. The molecule has 2 heterocycles. The largest absolute Gasteiger partial charge is 0.495 e. The van der Waals surface area contributed by atoms with Crippen LogP contribution in [0.5, 0.6) is 5.75 Å². The summed E-state index contributed by atoms with van der Waals surface area (Å²) in [6.45, 7) is 4.84. The second-order valence-electron chi connectivity index (χ2n) is 7.99. The second kappa shape index (κ2) is 8.46. The molecule has 2 saturated heterocycles. The molecule has 2 amide bonds. The van der Waals surface area contributed by atoms with Crippen molar-refractivity contribution in [2.75, 3.05) is 30.1 Å². The van der Waals surface area contributed by atoms with Crippen LogP contribution in [0.3, 0.4) is 0 Å². The molecule has 0 bridgehead atoms. The molecule has 0 aromatic heterocycles. The molecule has 2 atom stereocenters. The van der Waals surface area contributed by atoms with E-state index in [1.54, 1.807) is 43.9 Å². The summed E-state index contributed by atoms with van der Waals surface area (Å²) >= 11 is 1.25. The molecule has 1 N–H and O–H groups in total. The summed E-state index contributed by atoms with van der Waals surface area (Å²) in [6, 6.07) is 6.83. The third-order valence-corrected chi connectivity index (χ3v) is 7.62. The lowest BCUT2D eigenvalue weighted by atomic mass is 10.2. The Morgan fingerprint density at radius 2 is 1.97 bits per heavy atom. The normalized spacial score (nSPS) is 23.9. The van der Waals surface area contributed by atoms with Crippen molar-refractivity contribution in [2.45, 2.75) is 37.7 Å². The minimum atomic E-state index is -3.17. The van der Waals surface area contributed by atoms with Crippen LogP contribution in [0.15, 0.2) is 29.3 Å². The molecule has 0 spiro atoms. The highest BCUT2D eigenvalue weighted by atomic mass is 32.2. The maximum Gasteiger partial charge on any atom is 0.408 e. The van der Waals surface area contributed by atoms with Gasteiger partial charge in [-0.3, -0.25) is 4.79 Å². The van der Waals surface area contributed by atoms with E-state index in [0.717, 1.165) is 0 Å². The van der Waals surface area contributed by atoms with Gasteiger partial charge in [-0.1, -0.05) is 23.9 Å². The fraction of sp³-hybridized carbons (Fsp3) is 0.526. The van der Waals surface area contributed by atoms with Gasteiger partial charge in [0.25, 0.3) is 5.91 Å². The number of para-hydroxylation sites is 2. The van der Waals surface area contributed by atoms with E-state index < -0.39 is 27.4 Å². The van der Waals surface area contributed by atoms with Gasteiger partial charge in [-0.15, -0.1) is 0 Å². The van der Waals surface area contributed by atoms with Gasteiger partial charge in [0.05, 0.1) is 30.3 Å². The third kappa shape index (κ3) is 5.25. The van der Waals surface area contributed by atoms with Crippen molar-refractivity contribution in [1.29, 1.82) is 0 Å². The Morgan fingerprint density at radius 3 is 2.63 bits per heavy atom.